The molecule has 0 bridgehead atoms. The predicted molar refractivity (Wildman–Crippen MR) is 86.1 cm³/mol. The summed E-state index contributed by atoms with van der Waals surface area (Å²) in [6.45, 7) is 3.31. The minimum Gasteiger partial charge on any atom is -0.339 e. The molecule has 0 radical (unpaired) electrons. The molecule has 2 aromatic heterocycles. The zero-order chi connectivity index (χ0) is 16.3. The van der Waals surface area contributed by atoms with Gasteiger partial charge in [-0.05, 0) is 25.1 Å². The highest BCUT2D eigenvalue weighted by molar-refractivity contribution is 7.89. The summed E-state index contributed by atoms with van der Waals surface area (Å²) in [4.78, 5) is 10.6. The predicted octanol–water partition coefficient (Wildman–Crippen LogP) is 0.712. The van der Waals surface area contributed by atoms with Crippen molar-refractivity contribution in [1.82, 2.24) is 23.7 Å². The maximum Gasteiger partial charge on any atom is 0.262 e. The molecule has 0 saturated carbocycles. The first-order valence-corrected chi connectivity index (χ1v) is 9.10. The largest absolute Gasteiger partial charge is 0.339 e. The van der Waals surface area contributed by atoms with Gasteiger partial charge in [0.1, 0.15) is 0 Å². The zero-order valence-electron chi connectivity index (χ0n) is 13.2. The van der Waals surface area contributed by atoms with Gasteiger partial charge < -0.3 is 4.57 Å². The van der Waals surface area contributed by atoms with E-state index in [4.69, 9.17) is 0 Å². The van der Waals surface area contributed by atoms with E-state index in [0.717, 1.165) is 25.2 Å². The highest BCUT2D eigenvalue weighted by Gasteiger charge is 2.28. The van der Waals surface area contributed by atoms with Crippen LogP contribution in [-0.2, 0) is 23.6 Å². The number of imidazole rings is 1. The molecule has 2 aromatic rings. The van der Waals surface area contributed by atoms with Crippen molar-refractivity contribution >= 4 is 10.0 Å². The van der Waals surface area contributed by atoms with Crippen LogP contribution >= 0.6 is 0 Å². The third-order valence-corrected chi connectivity index (χ3v) is 5.73. The molecule has 0 aliphatic carbocycles. The molecular weight excluding hydrogens is 314 g/mol. The van der Waals surface area contributed by atoms with Crippen molar-refractivity contribution in [1.29, 1.82) is 0 Å². The van der Waals surface area contributed by atoms with Gasteiger partial charge in [0.2, 0.25) is 0 Å². The van der Waals surface area contributed by atoms with Crippen molar-refractivity contribution < 1.29 is 8.42 Å². The molecule has 0 unspecified atom stereocenters. The molecule has 0 amide bonds. The SMILES string of the molecule is Cn1cnc(S(=O)(=O)N2CCCN(Cc3ccccn3)CC2)c1. The highest BCUT2D eigenvalue weighted by atomic mass is 32.2. The smallest absolute Gasteiger partial charge is 0.262 e. The number of aryl methyl sites for hydroxylation is 1. The molecule has 0 N–H and O–H groups in total. The van der Waals surface area contributed by atoms with E-state index in [-0.39, 0.29) is 5.03 Å². The molecule has 0 atom stereocenters. The van der Waals surface area contributed by atoms with Gasteiger partial charge in [0.15, 0.2) is 5.03 Å². The molecule has 8 heteroatoms. The quantitative estimate of drug-likeness (QED) is 0.823. The van der Waals surface area contributed by atoms with Crippen molar-refractivity contribution in [3.05, 3.63) is 42.6 Å². The Bertz CT molecular complexity index is 744. The van der Waals surface area contributed by atoms with Gasteiger partial charge in [-0.25, -0.2) is 13.4 Å². The topological polar surface area (TPSA) is 71.3 Å². The fourth-order valence-corrected chi connectivity index (χ4v) is 4.16. The first-order valence-electron chi connectivity index (χ1n) is 7.66. The van der Waals surface area contributed by atoms with Crippen LogP contribution in [0.25, 0.3) is 0 Å². The molecular formula is C15H21N5O2S. The van der Waals surface area contributed by atoms with Gasteiger partial charge in [0.05, 0.1) is 12.0 Å². The van der Waals surface area contributed by atoms with Gasteiger partial charge in [0, 0.05) is 45.6 Å². The van der Waals surface area contributed by atoms with Gasteiger partial charge >= 0.3 is 0 Å². The Kier molecular flexibility index (Phi) is 4.74. The minimum atomic E-state index is -3.50. The van der Waals surface area contributed by atoms with E-state index in [0.29, 0.717) is 19.6 Å². The van der Waals surface area contributed by atoms with Crippen LogP contribution in [0.15, 0.2) is 41.9 Å². The number of aromatic nitrogens is 3. The van der Waals surface area contributed by atoms with Crippen LogP contribution in [0.2, 0.25) is 0 Å². The van der Waals surface area contributed by atoms with Crippen LogP contribution in [0.4, 0.5) is 0 Å². The fraction of sp³-hybridized carbons (Fsp3) is 0.467. The molecule has 0 spiro atoms. The minimum absolute atomic E-state index is 0.123. The number of hydrogen-bond donors (Lipinski definition) is 0. The number of nitrogens with zero attached hydrogens (tertiary/aromatic N) is 5. The maximum atomic E-state index is 12.6. The van der Waals surface area contributed by atoms with E-state index in [2.05, 4.69) is 14.9 Å². The van der Waals surface area contributed by atoms with E-state index >= 15 is 0 Å². The summed E-state index contributed by atoms with van der Waals surface area (Å²) >= 11 is 0. The monoisotopic (exact) mass is 335 g/mol. The van der Waals surface area contributed by atoms with Gasteiger partial charge in [-0.3, -0.25) is 9.88 Å². The van der Waals surface area contributed by atoms with E-state index < -0.39 is 10.0 Å². The number of hydrogen-bond acceptors (Lipinski definition) is 5. The second-order valence-corrected chi connectivity index (χ2v) is 7.62. The van der Waals surface area contributed by atoms with Crippen LogP contribution in [0.1, 0.15) is 12.1 Å². The van der Waals surface area contributed by atoms with Crippen molar-refractivity contribution in [3.63, 3.8) is 0 Å². The van der Waals surface area contributed by atoms with Crippen molar-refractivity contribution in [2.45, 2.75) is 18.0 Å². The van der Waals surface area contributed by atoms with Gasteiger partial charge in [-0.2, -0.15) is 4.31 Å². The molecule has 1 aliphatic heterocycles. The van der Waals surface area contributed by atoms with Gasteiger partial charge in [0.25, 0.3) is 10.0 Å². The van der Waals surface area contributed by atoms with Gasteiger partial charge in [-0.1, -0.05) is 6.07 Å². The summed E-state index contributed by atoms with van der Waals surface area (Å²) in [5.41, 5.74) is 1.01. The lowest BCUT2D eigenvalue weighted by molar-refractivity contribution is 0.275. The summed E-state index contributed by atoms with van der Waals surface area (Å²) in [5, 5.41) is 0.123. The normalized spacial score (nSPS) is 18.0. The molecule has 1 aliphatic rings. The van der Waals surface area contributed by atoms with Crippen molar-refractivity contribution in [3.8, 4) is 0 Å². The Morgan fingerprint density at radius 3 is 2.70 bits per heavy atom. The molecule has 7 nitrogen and oxygen atoms in total. The Morgan fingerprint density at radius 2 is 2.00 bits per heavy atom. The molecule has 0 aromatic carbocycles. The maximum absolute atomic E-state index is 12.6. The first-order chi connectivity index (χ1) is 11.1. The standard InChI is InChI=1S/C15H21N5O2S/c1-18-12-15(17-13-18)23(21,22)20-8-4-7-19(9-10-20)11-14-5-2-3-6-16-14/h2-3,5-6,12-13H,4,7-11H2,1H3. The molecule has 1 fully saturated rings. The van der Waals surface area contributed by atoms with E-state index in [1.54, 1.807) is 24.0 Å². The Morgan fingerprint density at radius 1 is 1.13 bits per heavy atom. The molecule has 3 heterocycles. The molecule has 23 heavy (non-hydrogen) atoms. The summed E-state index contributed by atoms with van der Waals surface area (Å²) in [5.74, 6) is 0. The van der Waals surface area contributed by atoms with Crippen LogP contribution < -0.4 is 0 Å². The second kappa shape index (κ2) is 6.77. The fourth-order valence-electron chi connectivity index (χ4n) is 2.72. The third-order valence-electron chi connectivity index (χ3n) is 3.94. The zero-order valence-corrected chi connectivity index (χ0v) is 14.0. The Hall–Kier alpha value is -1.77. The van der Waals surface area contributed by atoms with Crippen LogP contribution in [0.3, 0.4) is 0 Å². The molecule has 1 saturated heterocycles. The van der Waals surface area contributed by atoms with E-state index in [1.165, 1.54) is 10.6 Å². The average molecular weight is 335 g/mol. The van der Waals surface area contributed by atoms with E-state index in [9.17, 15) is 8.42 Å². The van der Waals surface area contributed by atoms with Crippen LogP contribution in [-0.4, -0.2) is 58.3 Å². The number of pyridine rings is 1. The number of sulfonamides is 1. The summed E-state index contributed by atoms with van der Waals surface area (Å²) in [6.07, 6.45) is 5.65. The first kappa shape index (κ1) is 16.1. The van der Waals surface area contributed by atoms with Crippen LogP contribution in [0, 0.1) is 0 Å². The lowest BCUT2D eigenvalue weighted by atomic mass is 10.3. The third kappa shape index (κ3) is 3.77. The lowest BCUT2D eigenvalue weighted by Crippen LogP contribution is -2.35. The Balaban J connectivity index is 1.66. The van der Waals surface area contributed by atoms with Crippen molar-refractivity contribution in [2.24, 2.45) is 7.05 Å². The highest BCUT2D eigenvalue weighted by Crippen LogP contribution is 2.16. The Labute approximate surface area is 136 Å². The average Bonchev–Trinajstić information content (AvgIpc) is 2.84. The second-order valence-electron chi connectivity index (χ2n) is 5.73. The lowest BCUT2D eigenvalue weighted by Gasteiger charge is -2.20. The summed E-state index contributed by atoms with van der Waals surface area (Å²) < 4.78 is 28.5. The molecule has 3 rings (SSSR count). The van der Waals surface area contributed by atoms with Crippen LogP contribution in [0.5, 0.6) is 0 Å². The molecule has 124 valence electrons. The van der Waals surface area contributed by atoms with Gasteiger partial charge in [-0.15, -0.1) is 0 Å². The summed E-state index contributed by atoms with van der Waals surface area (Å²) in [6, 6.07) is 5.86. The van der Waals surface area contributed by atoms with Crippen molar-refractivity contribution in [2.75, 3.05) is 26.2 Å². The summed E-state index contributed by atoms with van der Waals surface area (Å²) in [7, 11) is -1.73. The van der Waals surface area contributed by atoms with E-state index in [1.807, 2.05) is 18.2 Å². The number of rotatable bonds is 4.